The number of rotatable bonds is 4. The molecule has 1 saturated carbocycles. The molecule has 0 unspecified atom stereocenters. The van der Waals surface area contributed by atoms with Crippen LogP contribution in [-0.4, -0.2) is 26.8 Å². The molecular weight excluding hydrogens is 387 g/mol. The molecule has 150 valence electrons. The number of hydrogen-bond acceptors (Lipinski definition) is 6. The number of anilines is 1. The minimum absolute atomic E-state index is 0.0328. The second kappa shape index (κ2) is 6.29. The molecule has 1 aromatic carbocycles. The lowest BCUT2D eigenvalue weighted by Gasteiger charge is -2.15. The summed E-state index contributed by atoms with van der Waals surface area (Å²) in [4.78, 5) is 19.9. The van der Waals surface area contributed by atoms with E-state index in [9.17, 15) is 14.4 Å². The third-order valence-corrected chi connectivity index (χ3v) is 5.58. The van der Waals surface area contributed by atoms with E-state index in [1.807, 2.05) is 6.92 Å². The molecule has 0 spiro atoms. The predicted octanol–water partition coefficient (Wildman–Crippen LogP) is 3.18. The maximum atomic E-state index is 14.1. The van der Waals surface area contributed by atoms with Crippen molar-refractivity contribution in [2.45, 2.75) is 19.8 Å². The first-order chi connectivity index (χ1) is 14.4. The number of nitrogens with zero attached hydrogens (tertiary/aromatic N) is 3. The molecule has 0 bridgehead atoms. The number of nitrogens with one attached hydrogen (secondary N) is 2. The fourth-order valence-corrected chi connectivity index (χ4v) is 3.60. The molecule has 0 saturated heterocycles. The summed E-state index contributed by atoms with van der Waals surface area (Å²) < 4.78 is 20.0. The number of aromatic amines is 2. The highest BCUT2D eigenvalue weighted by molar-refractivity contribution is 6.06. The molecule has 1 aliphatic rings. The first-order valence-corrected chi connectivity index (χ1v) is 9.41. The molecule has 0 amide bonds. The van der Waals surface area contributed by atoms with Crippen molar-refractivity contribution in [1.82, 2.24) is 20.2 Å². The van der Waals surface area contributed by atoms with Gasteiger partial charge in [0.2, 0.25) is 5.88 Å². The molecule has 5 rings (SSSR count). The summed E-state index contributed by atoms with van der Waals surface area (Å²) in [5.41, 5.74) is 7.96. The standard InChI is InChI=1S/C21H17FN6O2/c1-10-6-14-18(27-20(10)30-9-21(8-23)4-5-21)15(16(24)19(29)26-14)11-2-3-13(22)17-12(11)7-25-28-17/h2-3,6-7H,4-5,9,24H2,1H3,(H,25,28)(H,26,29). The Hall–Kier alpha value is -3.93. The molecule has 1 fully saturated rings. The van der Waals surface area contributed by atoms with Crippen LogP contribution in [0.4, 0.5) is 10.1 Å². The van der Waals surface area contributed by atoms with E-state index in [1.54, 1.807) is 12.1 Å². The zero-order valence-electron chi connectivity index (χ0n) is 16.0. The van der Waals surface area contributed by atoms with Crippen LogP contribution >= 0.6 is 0 Å². The monoisotopic (exact) mass is 404 g/mol. The number of hydrogen-bond donors (Lipinski definition) is 3. The quantitative estimate of drug-likeness (QED) is 0.478. The second-order valence-corrected chi connectivity index (χ2v) is 7.68. The highest BCUT2D eigenvalue weighted by Gasteiger charge is 2.44. The van der Waals surface area contributed by atoms with Crippen molar-refractivity contribution >= 4 is 27.6 Å². The first-order valence-electron chi connectivity index (χ1n) is 9.41. The van der Waals surface area contributed by atoms with Crippen LogP contribution in [0.15, 0.2) is 29.2 Å². The van der Waals surface area contributed by atoms with Gasteiger partial charge in [0.15, 0.2) is 0 Å². The van der Waals surface area contributed by atoms with Crippen LogP contribution in [0.2, 0.25) is 0 Å². The molecule has 4 aromatic rings. The van der Waals surface area contributed by atoms with Crippen molar-refractivity contribution in [3.8, 4) is 23.1 Å². The van der Waals surface area contributed by atoms with Crippen LogP contribution in [0.1, 0.15) is 18.4 Å². The lowest BCUT2D eigenvalue weighted by atomic mass is 9.99. The van der Waals surface area contributed by atoms with Gasteiger partial charge in [-0.2, -0.15) is 10.4 Å². The molecular formula is C21H17FN6O2. The minimum atomic E-state index is -0.463. The number of aromatic nitrogens is 4. The van der Waals surface area contributed by atoms with Gasteiger partial charge in [0.05, 0.1) is 23.2 Å². The summed E-state index contributed by atoms with van der Waals surface area (Å²) in [5.74, 6) is -0.0969. The van der Waals surface area contributed by atoms with Crippen LogP contribution in [0.5, 0.6) is 5.88 Å². The fourth-order valence-electron chi connectivity index (χ4n) is 3.60. The normalized spacial score (nSPS) is 14.7. The highest BCUT2D eigenvalue weighted by Crippen LogP contribution is 2.45. The van der Waals surface area contributed by atoms with Gasteiger partial charge in [-0.1, -0.05) is 6.07 Å². The third-order valence-electron chi connectivity index (χ3n) is 5.58. The van der Waals surface area contributed by atoms with Crippen LogP contribution in [0, 0.1) is 29.5 Å². The maximum absolute atomic E-state index is 14.1. The SMILES string of the molecule is Cc1cc2[nH]c(=O)c(N)c(-c3ccc(F)c4[nH]ncc34)c2nc1OCC1(C#N)CC1. The molecule has 30 heavy (non-hydrogen) atoms. The number of aryl methyl sites for hydroxylation is 1. The van der Waals surface area contributed by atoms with Crippen LogP contribution < -0.4 is 16.0 Å². The Bertz CT molecular complexity index is 1430. The zero-order valence-corrected chi connectivity index (χ0v) is 16.0. The van der Waals surface area contributed by atoms with Gasteiger partial charge < -0.3 is 15.5 Å². The van der Waals surface area contributed by atoms with Crippen LogP contribution in [-0.2, 0) is 0 Å². The summed E-state index contributed by atoms with van der Waals surface area (Å²) >= 11 is 0. The van der Waals surface area contributed by atoms with Crippen LogP contribution in [0.25, 0.3) is 33.1 Å². The third kappa shape index (κ3) is 2.69. The van der Waals surface area contributed by atoms with Gasteiger partial charge in [0, 0.05) is 16.5 Å². The van der Waals surface area contributed by atoms with Gasteiger partial charge in [0.1, 0.15) is 29.1 Å². The van der Waals surface area contributed by atoms with E-state index in [-0.39, 0.29) is 17.8 Å². The number of benzene rings is 1. The van der Waals surface area contributed by atoms with Gasteiger partial charge in [-0.25, -0.2) is 9.37 Å². The highest BCUT2D eigenvalue weighted by atomic mass is 19.1. The lowest BCUT2D eigenvalue weighted by molar-refractivity contribution is 0.258. The average molecular weight is 404 g/mol. The molecule has 0 aliphatic heterocycles. The van der Waals surface area contributed by atoms with Crippen molar-refractivity contribution in [3.05, 3.63) is 46.1 Å². The van der Waals surface area contributed by atoms with E-state index >= 15 is 0 Å². The van der Waals surface area contributed by atoms with E-state index in [4.69, 9.17) is 10.5 Å². The van der Waals surface area contributed by atoms with Gasteiger partial charge in [-0.3, -0.25) is 9.89 Å². The first kappa shape index (κ1) is 18.1. The summed E-state index contributed by atoms with van der Waals surface area (Å²) in [7, 11) is 0. The topological polar surface area (TPSA) is 133 Å². The van der Waals surface area contributed by atoms with E-state index in [2.05, 4.69) is 26.2 Å². The van der Waals surface area contributed by atoms with Crippen molar-refractivity contribution in [2.75, 3.05) is 12.3 Å². The Kier molecular flexibility index (Phi) is 3.80. The molecule has 3 aromatic heterocycles. The second-order valence-electron chi connectivity index (χ2n) is 7.68. The number of ether oxygens (including phenoxy) is 1. The van der Waals surface area contributed by atoms with Crippen LogP contribution in [0.3, 0.4) is 0 Å². The van der Waals surface area contributed by atoms with Crippen molar-refractivity contribution in [1.29, 1.82) is 5.26 Å². The van der Waals surface area contributed by atoms with Crippen molar-refractivity contribution < 1.29 is 9.13 Å². The molecule has 0 radical (unpaired) electrons. The number of nitrogen functional groups attached to an aromatic ring is 1. The fraction of sp³-hybridized carbons (Fsp3) is 0.238. The molecule has 3 heterocycles. The number of nitrogens with two attached hydrogens (primary N) is 1. The Morgan fingerprint density at radius 2 is 2.20 bits per heavy atom. The molecule has 1 aliphatic carbocycles. The van der Waals surface area contributed by atoms with E-state index in [0.717, 1.165) is 18.4 Å². The molecule has 4 N–H and O–H groups in total. The summed E-state index contributed by atoms with van der Waals surface area (Å²) in [5, 5.41) is 16.3. The average Bonchev–Trinajstić information content (AvgIpc) is 3.34. The molecule has 8 nitrogen and oxygen atoms in total. The predicted molar refractivity (Wildman–Crippen MR) is 109 cm³/mol. The van der Waals surface area contributed by atoms with Crippen molar-refractivity contribution in [2.24, 2.45) is 5.41 Å². The lowest BCUT2D eigenvalue weighted by Crippen LogP contribution is -2.15. The summed E-state index contributed by atoms with van der Waals surface area (Å²) in [6.07, 6.45) is 3.08. The number of halogens is 1. The number of H-pyrrole nitrogens is 2. The summed E-state index contributed by atoms with van der Waals surface area (Å²) in [6.45, 7) is 2.06. The van der Waals surface area contributed by atoms with Gasteiger partial charge >= 0.3 is 0 Å². The minimum Gasteiger partial charge on any atom is -0.476 e. The van der Waals surface area contributed by atoms with Gasteiger partial charge in [-0.05, 0) is 37.5 Å². The largest absolute Gasteiger partial charge is 0.476 e. The number of nitriles is 1. The van der Waals surface area contributed by atoms with E-state index < -0.39 is 16.8 Å². The Morgan fingerprint density at radius 3 is 2.93 bits per heavy atom. The molecule has 9 heteroatoms. The Morgan fingerprint density at radius 1 is 1.40 bits per heavy atom. The zero-order chi connectivity index (χ0) is 21.0. The number of fused-ring (bicyclic) bond motifs is 2. The smallest absolute Gasteiger partial charge is 0.272 e. The maximum Gasteiger partial charge on any atom is 0.272 e. The van der Waals surface area contributed by atoms with Crippen molar-refractivity contribution in [3.63, 3.8) is 0 Å². The van der Waals surface area contributed by atoms with Gasteiger partial charge in [0.25, 0.3) is 5.56 Å². The summed E-state index contributed by atoms with van der Waals surface area (Å²) in [6, 6.07) is 6.88. The Labute approximate surface area is 169 Å². The Balaban J connectivity index is 1.74. The molecule has 0 atom stereocenters. The van der Waals surface area contributed by atoms with Gasteiger partial charge in [-0.15, -0.1) is 0 Å². The number of pyridine rings is 2. The van der Waals surface area contributed by atoms with E-state index in [1.165, 1.54) is 12.3 Å². The van der Waals surface area contributed by atoms with E-state index in [0.29, 0.717) is 33.4 Å².